The lowest BCUT2D eigenvalue weighted by Gasteiger charge is -2.31. The Morgan fingerprint density at radius 3 is 2.86 bits per heavy atom. The van der Waals surface area contributed by atoms with E-state index >= 15 is 0 Å². The van der Waals surface area contributed by atoms with Crippen molar-refractivity contribution < 1.29 is 17.4 Å². The van der Waals surface area contributed by atoms with Gasteiger partial charge in [0.2, 0.25) is 15.9 Å². The summed E-state index contributed by atoms with van der Waals surface area (Å²) in [5.74, 6) is 1.42. The van der Waals surface area contributed by atoms with Crippen LogP contribution in [-0.2, 0) is 23.5 Å². The summed E-state index contributed by atoms with van der Waals surface area (Å²) in [6, 6.07) is 4.52. The molecule has 0 spiro atoms. The van der Waals surface area contributed by atoms with Crippen LogP contribution in [0.1, 0.15) is 43.3 Å². The number of benzene rings is 1. The molecule has 1 aromatic carbocycles. The van der Waals surface area contributed by atoms with Gasteiger partial charge < -0.3 is 8.94 Å². The van der Waals surface area contributed by atoms with Crippen LogP contribution < -0.4 is 5.76 Å². The molecule has 2 fully saturated rings. The summed E-state index contributed by atoms with van der Waals surface area (Å²) in [5, 5.41) is 4.04. The molecule has 3 aromatic rings. The van der Waals surface area contributed by atoms with Gasteiger partial charge in [-0.1, -0.05) is 5.16 Å². The molecule has 0 bridgehead atoms. The molecule has 1 aliphatic carbocycles. The average molecular weight is 418 g/mol. The lowest BCUT2D eigenvalue weighted by atomic mass is 9.96. The fraction of sp³-hybridized carbons (Fsp3) is 0.526. The maximum Gasteiger partial charge on any atom is 0.419 e. The Hall–Kier alpha value is -2.46. The van der Waals surface area contributed by atoms with Gasteiger partial charge in [-0.3, -0.25) is 4.57 Å². The van der Waals surface area contributed by atoms with E-state index in [0.29, 0.717) is 42.4 Å². The summed E-state index contributed by atoms with van der Waals surface area (Å²) < 4.78 is 39.7. The van der Waals surface area contributed by atoms with Crippen molar-refractivity contribution in [3.63, 3.8) is 0 Å². The highest BCUT2D eigenvalue weighted by atomic mass is 32.2. The molecule has 1 atom stereocenters. The first-order valence-electron chi connectivity index (χ1n) is 9.84. The van der Waals surface area contributed by atoms with Gasteiger partial charge in [-0.2, -0.15) is 9.29 Å². The number of rotatable bonds is 5. The number of hydrogen-bond donors (Lipinski definition) is 0. The third-order valence-corrected chi connectivity index (χ3v) is 7.63. The highest BCUT2D eigenvalue weighted by Crippen LogP contribution is 2.38. The second-order valence-electron chi connectivity index (χ2n) is 7.95. The smallest absolute Gasteiger partial charge is 0.408 e. The Kier molecular flexibility index (Phi) is 4.36. The molecule has 0 radical (unpaired) electrons. The number of piperidine rings is 1. The van der Waals surface area contributed by atoms with Gasteiger partial charge in [0.25, 0.3) is 0 Å². The second kappa shape index (κ2) is 6.81. The highest BCUT2D eigenvalue weighted by Gasteiger charge is 2.33. The Bertz CT molecular complexity index is 1220. The predicted molar refractivity (Wildman–Crippen MR) is 103 cm³/mol. The monoisotopic (exact) mass is 418 g/mol. The van der Waals surface area contributed by atoms with Gasteiger partial charge >= 0.3 is 5.76 Å². The number of hydrogen-bond acceptors (Lipinski definition) is 7. The van der Waals surface area contributed by atoms with Crippen molar-refractivity contribution in [2.45, 2.75) is 42.9 Å². The van der Waals surface area contributed by atoms with Crippen LogP contribution in [0.25, 0.3) is 11.1 Å². The van der Waals surface area contributed by atoms with Crippen LogP contribution in [0.2, 0.25) is 0 Å². The van der Waals surface area contributed by atoms with E-state index in [0.717, 1.165) is 31.5 Å². The fourth-order valence-electron chi connectivity index (χ4n) is 3.93. The lowest BCUT2D eigenvalue weighted by molar-refractivity contribution is 0.247. The number of nitrogens with zero attached hydrogens (tertiary/aromatic N) is 4. The molecule has 0 N–H and O–H groups in total. The normalized spacial score (nSPS) is 21.1. The molecule has 1 aliphatic heterocycles. The minimum Gasteiger partial charge on any atom is -0.408 e. The van der Waals surface area contributed by atoms with Gasteiger partial charge in [-0.15, -0.1) is 0 Å². The molecule has 2 aliphatic rings. The summed E-state index contributed by atoms with van der Waals surface area (Å²) in [6.45, 7) is 0.879. The summed E-state index contributed by atoms with van der Waals surface area (Å²) in [4.78, 5) is 16.3. The third-order valence-electron chi connectivity index (χ3n) is 5.77. The number of aryl methyl sites for hydroxylation is 1. The summed E-state index contributed by atoms with van der Waals surface area (Å²) in [6.07, 6.45) is 4.51. The Morgan fingerprint density at radius 2 is 2.07 bits per heavy atom. The molecule has 1 saturated heterocycles. The number of fused-ring (bicyclic) bond motifs is 1. The molecule has 1 saturated carbocycles. The standard InChI is InChI=1S/C19H22N4O5S/c1-22-15-10-14(6-7-16(15)27-19(22)24)29(25,26)23-8-2-3-12(11-23)9-17-20-18(21-28-17)13-4-5-13/h6-7,10,12-13H,2-5,8-9,11H2,1H3/t12-/m0/s1. The van der Waals surface area contributed by atoms with E-state index in [2.05, 4.69) is 10.1 Å². The Balaban J connectivity index is 1.36. The van der Waals surface area contributed by atoms with E-state index in [1.54, 1.807) is 7.05 Å². The summed E-state index contributed by atoms with van der Waals surface area (Å²) in [5.41, 5.74) is 0.832. The molecule has 0 amide bonds. The van der Waals surface area contributed by atoms with Crippen molar-refractivity contribution in [2.75, 3.05) is 13.1 Å². The van der Waals surface area contributed by atoms with Crippen LogP contribution in [-0.4, -0.2) is 40.5 Å². The van der Waals surface area contributed by atoms with Crippen LogP contribution in [0.15, 0.2) is 36.8 Å². The van der Waals surface area contributed by atoms with Gasteiger partial charge in [-0.05, 0) is 49.8 Å². The van der Waals surface area contributed by atoms with Crippen LogP contribution in [0, 0.1) is 5.92 Å². The van der Waals surface area contributed by atoms with E-state index in [4.69, 9.17) is 8.94 Å². The lowest BCUT2D eigenvalue weighted by Crippen LogP contribution is -2.40. The molecule has 29 heavy (non-hydrogen) atoms. The van der Waals surface area contributed by atoms with Gasteiger partial charge in [0.15, 0.2) is 11.4 Å². The first kappa shape index (κ1) is 18.6. The average Bonchev–Trinajstić information content (AvgIpc) is 3.40. The Labute approximate surface area is 167 Å². The van der Waals surface area contributed by atoms with E-state index < -0.39 is 15.8 Å². The van der Waals surface area contributed by atoms with Crippen molar-refractivity contribution >= 4 is 21.1 Å². The minimum atomic E-state index is -3.67. The largest absolute Gasteiger partial charge is 0.419 e. The van der Waals surface area contributed by atoms with Crippen LogP contribution in [0.5, 0.6) is 0 Å². The summed E-state index contributed by atoms with van der Waals surface area (Å²) >= 11 is 0. The topological polar surface area (TPSA) is 111 Å². The predicted octanol–water partition coefficient (Wildman–Crippen LogP) is 2.04. The van der Waals surface area contributed by atoms with E-state index in [-0.39, 0.29) is 10.8 Å². The van der Waals surface area contributed by atoms with Gasteiger partial charge in [0.05, 0.1) is 10.4 Å². The van der Waals surface area contributed by atoms with Crippen molar-refractivity contribution in [2.24, 2.45) is 13.0 Å². The van der Waals surface area contributed by atoms with Crippen molar-refractivity contribution in [3.05, 3.63) is 40.5 Å². The van der Waals surface area contributed by atoms with Crippen LogP contribution >= 0.6 is 0 Å². The quantitative estimate of drug-likeness (QED) is 0.623. The maximum atomic E-state index is 13.2. The second-order valence-corrected chi connectivity index (χ2v) is 9.89. The van der Waals surface area contributed by atoms with E-state index in [1.165, 1.54) is 27.1 Å². The molecule has 9 nitrogen and oxygen atoms in total. The number of aromatic nitrogens is 3. The zero-order valence-corrected chi connectivity index (χ0v) is 16.9. The fourth-order valence-corrected chi connectivity index (χ4v) is 5.51. The molecule has 0 unspecified atom stereocenters. The van der Waals surface area contributed by atoms with Crippen molar-refractivity contribution in [1.29, 1.82) is 0 Å². The zero-order valence-electron chi connectivity index (χ0n) is 16.1. The highest BCUT2D eigenvalue weighted by molar-refractivity contribution is 7.89. The van der Waals surface area contributed by atoms with E-state index in [1.807, 2.05) is 0 Å². The molecule has 154 valence electrons. The molecule has 10 heteroatoms. The van der Waals surface area contributed by atoms with E-state index in [9.17, 15) is 13.2 Å². The van der Waals surface area contributed by atoms with Crippen LogP contribution in [0.4, 0.5) is 0 Å². The van der Waals surface area contributed by atoms with Gasteiger partial charge in [0.1, 0.15) is 0 Å². The molecule has 3 heterocycles. The SMILES string of the molecule is Cn1c(=O)oc2ccc(S(=O)(=O)N3CCC[C@@H](Cc4nc(C5CC5)no4)C3)cc21. The molecule has 5 rings (SSSR count). The van der Waals surface area contributed by atoms with Gasteiger partial charge in [0, 0.05) is 32.5 Å². The maximum absolute atomic E-state index is 13.2. The minimum absolute atomic E-state index is 0.132. The molecular weight excluding hydrogens is 396 g/mol. The Morgan fingerprint density at radius 1 is 1.24 bits per heavy atom. The third kappa shape index (κ3) is 3.40. The van der Waals surface area contributed by atoms with Crippen molar-refractivity contribution in [1.82, 2.24) is 19.0 Å². The first-order chi connectivity index (χ1) is 13.9. The van der Waals surface area contributed by atoms with Gasteiger partial charge in [-0.25, -0.2) is 13.2 Å². The number of oxazole rings is 1. The van der Waals surface area contributed by atoms with Crippen LogP contribution in [0.3, 0.4) is 0 Å². The number of sulfonamides is 1. The molecule has 2 aromatic heterocycles. The molecular formula is C19H22N4O5S. The van der Waals surface area contributed by atoms with Crippen molar-refractivity contribution in [3.8, 4) is 0 Å². The summed E-state index contributed by atoms with van der Waals surface area (Å²) in [7, 11) is -2.12. The first-order valence-corrected chi connectivity index (χ1v) is 11.3. The zero-order chi connectivity index (χ0) is 20.2.